The van der Waals surface area contributed by atoms with E-state index in [1.54, 1.807) is 0 Å². The Labute approximate surface area is 221 Å². The lowest BCUT2D eigenvalue weighted by molar-refractivity contribution is -0.132. The molecule has 37 heavy (non-hydrogen) atoms. The van der Waals surface area contributed by atoms with E-state index in [-0.39, 0.29) is 12.7 Å². The number of anilines is 1. The van der Waals surface area contributed by atoms with E-state index in [2.05, 4.69) is 11.2 Å². The third-order valence-corrected chi connectivity index (χ3v) is 6.66. The first-order valence-corrected chi connectivity index (χ1v) is 12.6. The van der Waals surface area contributed by atoms with Gasteiger partial charge in [0.15, 0.2) is 11.5 Å². The van der Waals surface area contributed by atoms with Gasteiger partial charge in [0, 0.05) is 61.8 Å². The van der Waals surface area contributed by atoms with Crippen LogP contribution in [0.15, 0.2) is 48.5 Å². The SMILES string of the molecule is Cc1cc(C)n(CCC(=O)N(Cc2ccc3c(c2)OCO3)Cc2cc3ccc(Cl)cc3nc2N(C)C)n1. The monoisotopic (exact) mass is 519 g/mol. The molecule has 192 valence electrons. The van der Waals surface area contributed by atoms with E-state index < -0.39 is 0 Å². The summed E-state index contributed by atoms with van der Waals surface area (Å²) in [4.78, 5) is 22.3. The van der Waals surface area contributed by atoms with Crippen molar-refractivity contribution >= 4 is 34.2 Å². The molecule has 2 aromatic carbocycles. The van der Waals surface area contributed by atoms with Crippen molar-refractivity contribution in [3.63, 3.8) is 0 Å². The zero-order chi connectivity index (χ0) is 26.1. The average Bonchev–Trinajstić information content (AvgIpc) is 3.46. The van der Waals surface area contributed by atoms with Crippen LogP contribution in [0.25, 0.3) is 10.9 Å². The van der Waals surface area contributed by atoms with Gasteiger partial charge < -0.3 is 19.3 Å². The van der Waals surface area contributed by atoms with Gasteiger partial charge in [-0.15, -0.1) is 0 Å². The van der Waals surface area contributed by atoms with Crippen molar-refractivity contribution in [3.8, 4) is 11.5 Å². The van der Waals surface area contributed by atoms with Gasteiger partial charge in [0.2, 0.25) is 12.7 Å². The van der Waals surface area contributed by atoms with Crippen LogP contribution in [0.4, 0.5) is 5.82 Å². The van der Waals surface area contributed by atoms with Gasteiger partial charge in [-0.1, -0.05) is 23.7 Å². The van der Waals surface area contributed by atoms with Gasteiger partial charge in [0.25, 0.3) is 0 Å². The highest BCUT2D eigenvalue weighted by Crippen LogP contribution is 2.33. The van der Waals surface area contributed by atoms with Crippen LogP contribution in [-0.4, -0.2) is 46.5 Å². The summed E-state index contributed by atoms with van der Waals surface area (Å²) in [7, 11) is 3.91. The Hall–Kier alpha value is -3.78. The van der Waals surface area contributed by atoms with Crippen molar-refractivity contribution in [2.75, 3.05) is 25.8 Å². The van der Waals surface area contributed by atoms with E-state index in [1.807, 2.05) is 84.9 Å². The first kappa shape index (κ1) is 24.9. The van der Waals surface area contributed by atoms with Crippen LogP contribution < -0.4 is 14.4 Å². The zero-order valence-corrected chi connectivity index (χ0v) is 22.2. The molecular formula is C28H30ClN5O3. The summed E-state index contributed by atoms with van der Waals surface area (Å²) in [6.45, 7) is 5.53. The number of ether oxygens (including phenoxy) is 2. The summed E-state index contributed by atoms with van der Waals surface area (Å²) in [5, 5.41) is 6.13. The molecule has 0 saturated carbocycles. The molecule has 8 nitrogen and oxygen atoms in total. The molecular weight excluding hydrogens is 490 g/mol. The fourth-order valence-electron chi connectivity index (χ4n) is 4.64. The number of aryl methyl sites for hydroxylation is 3. The van der Waals surface area contributed by atoms with Gasteiger partial charge in [-0.2, -0.15) is 5.10 Å². The van der Waals surface area contributed by atoms with Crippen LogP contribution >= 0.6 is 11.6 Å². The molecule has 0 N–H and O–H groups in total. The van der Waals surface area contributed by atoms with Crippen molar-refractivity contribution in [3.05, 3.63) is 76.1 Å². The van der Waals surface area contributed by atoms with Crippen LogP contribution in [0, 0.1) is 13.8 Å². The second-order valence-electron chi connectivity index (χ2n) is 9.54. The van der Waals surface area contributed by atoms with Crippen LogP contribution in [-0.2, 0) is 24.4 Å². The Kier molecular flexibility index (Phi) is 6.93. The number of carbonyl (C=O) groups excluding carboxylic acids is 1. The second kappa shape index (κ2) is 10.3. The molecule has 0 unspecified atom stereocenters. The quantitative estimate of drug-likeness (QED) is 0.322. The van der Waals surface area contributed by atoms with Crippen LogP contribution in [0.3, 0.4) is 0 Å². The summed E-state index contributed by atoms with van der Waals surface area (Å²) in [6.07, 6.45) is 0.334. The third-order valence-electron chi connectivity index (χ3n) is 6.42. The fourth-order valence-corrected chi connectivity index (χ4v) is 4.80. The zero-order valence-electron chi connectivity index (χ0n) is 21.5. The maximum Gasteiger partial charge on any atom is 0.231 e. The number of carbonyl (C=O) groups is 1. The van der Waals surface area contributed by atoms with Crippen molar-refractivity contribution in [1.29, 1.82) is 0 Å². The van der Waals surface area contributed by atoms with Crippen molar-refractivity contribution < 1.29 is 14.3 Å². The van der Waals surface area contributed by atoms with E-state index in [1.165, 1.54) is 0 Å². The highest BCUT2D eigenvalue weighted by molar-refractivity contribution is 6.31. The molecule has 0 radical (unpaired) electrons. The molecule has 9 heteroatoms. The lowest BCUT2D eigenvalue weighted by Gasteiger charge is -2.26. The topological polar surface area (TPSA) is 72.7 Å². The number of nitrogens with zero attached hydrogens (tertiary/aromatic N) is 5. The first-order chi connectivity index (χ1) is 17.8. The van der Waals surface area contributed by atoms with Gasteiger partial charge in [0.1, 0.15) is 5.82 Å². The number of pyridine rings is 1. The minimum atomic E-state index is 0.0335. The van der Waals surface area contributed by atoms with Crippen molar-refractivity contribution in [1.82, 2.24) is 19.7 Å². The molecule has 0 spiro atoms. The molecule has 0 atom stereocenters. The Morgan fingerprint density at radius 2 is 1.84 bits per heavy atom. The van der Waals surface area contributed by atoms with Crippen molar-refractivity contribution in [2.24, 2.45) is 0 Å². The van der Waals surface area contributed by atoms with Gasteiger partial charge in [-0.05, 0) is 55.8 Å². The predicted molar refractivity (Wildman–Crippen MR) is 144 cm³/mol. The molecule has 0 fully saturated rings. The molecule has 5 rings (SSSR count). The van der Waals surface area contributed by atoms with Gasteiger partial charge in [-0.25, -0.2) is 4.98 Å². The molecule has 1 aliphatic rings. The summed E-state index contributed by atoms with van der Waals surface area (Å²) < 4.78 is 12.9. The number of amides is 1. The molecule has 1 aliphatic heterocycles. The standard InChI is InChI=1S/C28H30ClN5O3/c1-18-11-19(2)34(31-18)10-9-27(35)33(15-20-5-8-25-26(12-20)37-17-36-25)16-22-13-21-6-7-23(29)14-24(21)30-28(22)32(3)4/h5-8,11-14H,9-10,15-17H2,1-4H3. The lowest BCUT2D eigenvalue weighted by Crippen LogP contribution is -2.31. The maximum absolute atomic E-state index is 13.6. The summed E-state index contributed by atoms with van der Waals surface area (Å²) >= 11 is 6.21. The Bertz CT molecular complexity index is 1470. The number of benzene rings is 2. The summed E-state index contributed by atoms with van der Waals surface area (Å²) in [5.74, 6) is 2.26. The largest absolute Gasteiger partial charge is 0.454 e. The summed E-state index contributed by atoms with van der Waals surface area (Å²) in [5.41, 5.74) is 4.73. The number of aromatic nitrogens is 3. The van der Waals surface area contributed by atoms with Gasteiger partial charge in [-0.3, -0.25) is 9.48 Å². The number of hydrogen-bond donors (Lipinski definition) is 0. The first-order valence-electron chi connectivity index (χ1n) is 12.2. The highest BCUT2D eigenvalue weighted by atomic mass is 35.5. The van der Waals surface area contributed by atoms with Crippen LogP contribution in [0.2, 0.25) is 5.02 Å². The number of rotatable bonds is 8. The van der Waals surface area contributed by atoms with Crippen molar-refractivity contribution in [2.45, 2.75) is 39.9 Å². The number of hydrogen-bond acceptors (Lipinski definition) is 6. The second-order valence-corrected chi connectivity index (χ2v) is 9.98. The minimum absolute atomic E-state index is 0.0335. The lowest BCUT2D eigenvalue weighted by atomic mass is 10.1. The van der Waals surface area contributed by atoms with E-state index in [0.29, 0.717) is 36.8 Å². The van der Waals surface area contributed by atoms with Gasteiger partial charge in [0.05, 0.1) is 11.2 Å². The van der Waals surface area contributed by atoms with Gasteiger partial charge >= 0.3 is 0 Å². The molecule has 0 aliphatic carbocycles. The number of halogens is 1. The van der Waals surface area contributed by atoms with Crippen LogP contribution in [0.5, 0.6) is 11.5 Å². The fraction of sp³-hybridized carbons (Fsp3) is 0.321. The Morgan fingerprint density at radius 3 is 2.59 bits per heavy atom. The highest BCUT2D eigenvalue weighted by Gasteiger charge is 2.21. The molecule has 3 heterocycles. The molecule has 0 saturated heterocycles. The molecule has 1 amide bonds. The van der Waals surface area contributed by atoms with Crippen LogP contribution in [0.1, 0.15) is 28.9 Å². The van der Waals surface area contributed by atoms with E-state index >= 15 is 0 Å². The predicted octanol–water partition coefficient (Wildman–Crippen LogP) is 5.12. The van der Waals surface area contributed by atoms with E-state index in [0.717, 1.165) is 45.0 Å². The molecule has 0 bridgehead atoms. The minimum Gasteiger partial charge on any atom is -0.454 e. The Balaban J connectivity index is 1.45. The number of fused-ring (bicyclic) bond motifs is 2. The maximum atomic E-state index is 13.6. The molecule has 4 aromatic rings. The average molecular weight is 520 g/mol. The smallest absolute Gasteiger partial charge is 0.231 e. The van der Waals surface area contributed by atoms with E-state index in [9.17, 15) is 4.79 Å². The molecule has 2 aromatic heterocycles. The third kappa shape index (κ3) is 5.49. The normalized spacial score (nSPS) is 12.2. The Morgan fingerprint density at radius 1 is 1.03 bits per heavy atom. The summed E-state index contributed by atoms with van der Waals surface area (Å²) in [6, 6.07) is 15.6. The van der Waals surface area contributed by atoms with E-state index in [4.69, 9.17) is 26.1 Å².